The molecule has 0 aromatic rings. The van der Waals surface area contributed by atoms with Gasteiger partial charge in [-0.25, -0.2) is 0 Å². The quantitative estimate of drug-likeness (QED) is 0.806. The molecule has 0 radical (unpaired) electrons. The van der Waals surface area contributed by atoms with Crippen molar-refractivity contribution in [1.82, 2.24) is 4.90 Å². The van der Waals surface area contributed by atoms with Crippen LogP contribution in [0.4, 0.5) is 0 Å². The summed E-state index contributed by atoms with van der Waals surface area (Å²) in [6.45, 7) is 3.74. The number of nitrogens with zero attached hydrogens (tertiary/aromatic N) is 1. The predicted molar refractivity (Wildman–Crippen MR) is 77.0 cm³/mol. The van der Waals surface area contributed by atoms with E-state index in [0.29, 0.717) is 25.7 Å². The van der Waals surface area contributed by atoms with Gasteiger partial charge in [-0.1, -0.05) is 33.1 Å². The summed E-state index contributed by atoms with van der Waals surface area (Å²) in [6.07, 6.45) is 7.69. The molecule has 1 saturated heterocycles. The second-order valence-corrected chi connectivity index (χ2v) is 6.63. The lowest BCUT2D eigenvalue weighted by atomic mass is 9.67. The molecule has 20 heavy (non-hydrogen) atoms. The maximum absolute atomic E-state index is 12.6. The Labute approximate surface area is 121 Å². The first-order valence-corrected chi connectivity index (χ1v) is 7.99. The van der Waals surface area contributed by atoms with E-state index in [1.165, 1.54) is 11.3 Å². The highest BCUT2D eigenvalue weighted by Crippen LogP contribution is 2.47. The van der Waals surface area contributed by atoms with Gasteiger partial charge in [0.15, 0.2) is 0 Å². The molecule has 1 N–H and O–H groups in total. The van der Waals surface area contributed by atoms with Crippen molar-refractivity contribution >= 4 is 11.8 Å². The van der Waals surface area contributed by atoms with Gasteiger partial charge in [-0.2, -0.15) is 0 Å². The number of carbonyl (C=O) groups excluding carboxylic acids is 2. The number of piperidine rings is 1. The maximum atomic E-state index is 12.6. The van der Waals surface area contributed by atoms with Crippen LogP contribution < -0.4 is 0 Å². The molecule has 0 bridgehead atoms. The summed E-state index contributed by atoms with van der Waals surface area (Å²) in [7, 11) is 0. The van der Waals surface area contributed by atoms with Gasteiger partial charge >= 0.3 is 0 Å². The fourth-order valence-corrected chi connectivity index (χ4v) is 4.05. The van der Waals surface area contributed by atoms with Gasteiger partial charge in [0, 0.05) is 12.8 Å². The Kier molecular flexibility index (Phi) is 4.52. The first-order valence-electron chi connectivity index (χ1n) is 7.99. The minimum absolute atomic E-state index is 0.0686. The molecule has 0 aromatic carbocycles. The summed E-state index contributed by atoms with van der Waals surface area (Å²) in [5.74, 6) is -0.137. The minimum atomic E-state index is -0.690. The molecule has 114 valence electrons. The van der Waals surface area contributed by atoms with Crippen LogP contribution in [0.5, 0.6) is 0 Å². The number of hydrogen-bond donors (Lipinski definition) is 1. The van der Waals surface area contributed by atoms with Crippen LogP contribution in [0.3, 0.4) is 0 Å². The van der Waals surface area contributed by atoms with Gasteiger partial charge < -0.3 is 5.11 Å². The van der Waals surface area contributed by atoms with Crippen LogP contribution in [0.2, 0.25) is 0 Å². The smallest absolute Gasteiger partial charge is 0.230 e. The molecule has 2 aliphatic rings. The zero-order chi connectivity index (χ0) is 14.8. The van der Waals surface area contributed by atoms with Crippen molar-refractivity contribution in [3.05, 3.63) is 0 Å². The number of imide groups is 1. The number of rotatable bonds is 4. The molecule has 2 amide bonds. The highest BCUT2D eigenvalue weighted by molar-refractivity contribution is 5.99. The third kappa shape index (κ3) is 2.50. The number of aliphatic hydroxyl groups excluding tert-OH is 1. The van der Waals surface area contributed by atoms with E-state index < -0.39 is 5.54 Å². The van der Waals surface area contributed by atoms with E-state index in [4.69, 9.17) is 0 Å². The van der Waals surface area contributed by atoms with Gasteiger partial charge in [-0.05, 0) is 31.1 Å². The summed E-state index contributed by atoms with van der Waals surface area (Å²) in [6, 6.07) is 0. The molecule has 0 unspecified atom stereocenters. The van der Waals surface area contributed by atoms with Crippen LogP contribution in [-0.4, -0.2) is 34.0 Å². The molecule has 1 saturated carbocycles. The molecule has 1 spiro atoms. The number of aliphatic hydroxyl groups is 1. The Morgan fingerprint density at radius 3 is 1.95 bits per heavy atom. The summed E-state index contributed by atoms with van der Waals surface area (Å²) >= 11 is 0. The first kappa shape index (κ1) is 15.5. The maximum Gasteiger partial charge on any atom is 0.230 e. The van der Waals surface area contributed by atoms with Crippen LogP contribution in [0.15, 0.2) is 0 Å². The second kappa shape index (κ2) is 5.84. The highest BCUT2D eigenvalue weighted by Gasteiger charge is 2.49. The molecule has 0 atom stereocenters. The van der Waals surface area contributed by atoms with Crippen molar-refractivity contribution in [2.75, 3.05) is 6.61 Å². The molecule has 2 rings (SSSR count). The predicted octanol–water partition coefficient (Wildman–Crippen LogP) is 2.64. The van der Waals surface area contributed by atoms with Crippen molar-refractivity contribution in [3.8, 4) is 0 Å². The molecular formula is C16H27NO3. The van der Waals surface area contributed by atoms with Crippen LogP contribution in [0, 0.1) is 5.41 Å². The molecular weight excluding hydrogens is 254 g/mol. The van der Waals surface area contributed by atoms with Gasteiger partial charge in [0.1, 0.15) is 0 Å². The lowest BCUT2D eigenvalue weighted by Crippen LogP contribution is -2.60. The summed E-state index contributed by atoms with van der Waals surface area (Å²) in [5.41, 5.74) is -0.768. The average Bonchev–Trinajstić information content (AvgIpc) is 2.44. The van der Waals surface area contributed by atoms with Crippen LogP contribution in [0.1, 0.15) is 71.6 Å². The van der Waals surface area contributed by atoms with E-state index >= 15 is 0 Å². The van der Waals surface area contributed by atoms with Crippen molar-refractivity contribution in [3.63, 3.8) is 0 Å². The molecule has 1 heterocycles. The van der Waals surface area contributed by atoms with E-state index in [2.05, 4.69) is 0 Å². The number of hydrogen-bond acceptors (Lipinski definition) is 3. The summed E-state index contributed by atoms with van der Waals surface area (Å²) < 4.78 is 0. The molecule has 1 aliphatic heterocycles. The fourth-order valence-electron chi connectivity index (χ4n) is 4.05. The monoisotopic (exact) mass is 281 g/mol. The molecule has 0 aromatic heterocycles. The zero-order valence-corrected chi connectivity index (χ0v) is 12.8. The lowest BCUT2D eigenvalue weighted by molar-refractivity contribution is -0.165. The van der Waals surface area contributed by atoms with E-state index in [0.717, 1.165) is 25.7 Å². The third-order valence-electron chi connectivity index (χ3n) is 5.55. The standard InChI is InChI=1S/C16H27NO3/c1-3-16(4-2,12-18)17-13(19)10-15(11-14(17)20)8-6-5-7-9-15/h18H,3-12H2,1-2H3. The van der Waals surface area contributed by atoms with Crippen molar-refractivity contribution in [2.45, 2.75) is 77.2 Å². The van der Waals surface area contributed by atoms with E-state index in [1.807, 2.05) is 13.8 Å². The number of likely N-dealkylation sites (tertiary alicyclic amines) is 1. The Hall–Kier alpha value is -0.900. The van der Waals surface area contributed by atoms with E-state index in [-0.39, 0.29) is 23.8 Å². The van der Waals surface area contributed by atoms with Crippen LogP contribution in [-0.2, 0) is 9.59 Å². The normalized spacial score (nSPS) is 23.4. The average molecular weight is 281 g/mol. The van der Waals surface area contributed by atoms with Crippen molar-refractivity contribution in [2.24, 2.45) is 5.41 Å². The topological polar surface area (TPSA) is 57.6 Å². The summed E-state index contributed by atoms with van der Waals surface area (Å²) in [5, 5.41) is 9.72. The van der Waals surface area contributed by atoms with Crippen molar-refractivity contribution in [1.29, 1.82) is 0 Å². The second-order valence-electron chi connectivity index (χ2n) is 6.63. The number of amides is 2. The Bertz CT molecular complexity index is 353. The lowest BCUT2D eigenvalue weighted by Gasteiger charge is -2.48. The largest absolute Gasteiger partial charge is 0.394 e. The highest BCUT2D eigenvalue weighted by atomic mass is 16.3. The molecule has 2 fully saturated rings. The van der Waals surface area contributed by atoms with Crippen LogP contribution in [0.25, 0.3) is 0 Å². The van der Waals surface area contributed by atoms with Crippen molar-refractivity contribution < 1.29 is 14.7 Å². The third-order valence-corrected chi connectivity index (χ3v) is 5.55. The number of carbonyl (C=O) groups is 2. The SMILES string of the molecule is CCC(CC)(CO)N1C(=O)CC2(CCCCC2)CC1=O. The van der Waals surface area contributed by atoms with Gasteiger partial charge in [0.05, 0.1) is 12.1 Å². The Morgan fingerprint density at radius 1 is 1.05 bits per heavy atom. The van der Waals surface area contributed by atoms with Crippen LogP contribution >= 0.6 is 0 Å². The minimum Gasteiger partial charge on any atom is -0.394 e. The Morgan fingerprint density at radius 2 is 1.55 bits per heavy atom. The van der Waals surface area contributed by atoms with E-state index in [9.17, 15) is 14.7 Å². The van der Waals surface area contributed by atoms with Gasteiger partial charge in [0.25, 0.3) is 0 Å². The first-order chi connectivity index (χ1) is 9.52. The molecule has 1 aliphatic carbocycles. The van der Waals surface area contributed by atoms with Gasteiger partial charge in [-0.3, -0.25) is 14.5 Å². The van der Waals surface area contributed by atoms with Gasteiger partial charge in [0.2, 0.25) is 11.8 Å². The van der Waals surface area contributed by atoms with Gasteiger partial charge in [-0.15, -0.1) is 0 Å². The molecule has 4 heteroatoms. The molecule has 4 nitrogen and oxygen atoms in total. The zero-order valence-electron chi connectivity index (χ0n) is 12.8. The fraction of sp³-hybridized carbons (Fsp3) is 0.875. The van der Waals surface area contributed by atoms with E-state index in [1.54, 1.807) is 0 Å². The Balaban J connectivity index is 2.23. The summed E-state index contributed by atoms with van der Waals surface area (Å²) in [4.78, 5) is 26.6.